The van der Waals surface area contributed by atoms with Crippen LogP contribution in [0.15, 0.2) is 42.5 Å². The maximum atomic E-state index is 14.7. The molecule has 2 aromatic rings. The number of halogens is 2. The summed E-state index contributed by atoms with van der Waals surface area (Å²) in [6.07, 6.45) is 2.12. The zero-order valence-electron chi connectivity index (χ0n) is 15.2. The predicted molar refractivity (Wildman–Crippen MR) is 97.8 cm³/mol. The molecule has 1 saturated heterocycles. The number of hydrogen-bond donors (Lipinski definition) is 1. The fraction of sp³-hybridized carbons (Fsp3) is 0.381. The molecule has 0 aromatic heterocycles. The number of hydrogen-bond acceptors (Lipinski definition) is 3. The number of para-hydroxylation sites is 1. The molecule has 2 unspecified atom stereocenters. The van der Waals surface area contributed by atoms with Gasteiger partial charge in [-0.15, -0.1) is 0 Å². The van der Waals surface area contributed by atoms with Gasteiger partial charge in [-0.1, -0.05) is 30.7 Å². The first kappa shape index (κ1) is 19.3. The number of benzene rings is 2. The highest BCUT2D eigenvalue weighted by Crippen LogP contribution is 2.39. The minimum atomic E-state index is -0.934. The van der Waals surface area contributed by atoms with Crippen LogP contribution in [0.5, 0.6) is 5.75 Å². The van der Waals surface area contributed by atoms with Crippen LogP contribution in [0, 0.1) is 11.6 Å². The highest BCUT2D eigenvalue weighted by molar-refractivity contribution is 5.73. The van der Waals surface area contributed by atoms with Gasteiger partial charge in [0.2, 0.25) is 0 Å². The van der Waals surface area contributed by atoms with Gasteiger partial charge >= 0.3 is 5.97 Å². The lowest BCUT2D eigenvalue weighted by Gasteiger charge is -2.40. The van der Waals surface area contributed by atoms with Crippen molar-refractivity contribution in [1.29, 1.82) is 0 Å². The van der Waals surface area contributed by atoms with E-state index in [0.717, 1.165) is 18.9 Å². The van der Waals surface area contributed by atoms with Crippen molar-refractivity contribution in [1.82, 2.24) is 4.90 Å². The Labute approximate surface area is 157 Å². The average molecular weight is 375 g/mol. The van der Waals surface area contributed by atoms with Crippen LogP contribution < -0.4 is 4.74 Å². The van der Waals surface area contributed by atoms with E-state index in [1.54, 1.807) is 11.0 Å². The van der Waals surface area contributed by atoms with E-state index in [9.17, 15) is 18.7 Å². The second-order valence-corrected chi connectivity index (χ2v) is 6.63. The van der Waals surface area contributed by atoms with E-state index < -0.39 is 29.7 Å². The molecule has 0 aliphatic carbocycles. The van der Waals surface area contributed by atoms with Crippen molar-refractivity contribution in [2.75, 3.05) is 13.2 Å². The normalized spacial score (nSPS) is 18.9. The van der Waals surface area contributed by atoms with Crippen molar-refractivity contribution in [3.8, 4) is 5.75 Å². The molecular formula is C21H23F2NO3. The van der Waals surface area contributed by atoms with E-state index in [2.05, 4.69) is 0 Å². The Morgan fingerprint density at radius 1 is 1.22 bits per heavy atom. The van der Waals surface area contributed by atoms with E-state index in [1.165, 1.54) is 12.1 Å². The van der Waals surface area contributed by atoms with Crippen LogP contribution in [-0.2, 0) is 4.79 Å². The molecule has 1 aliphatic rings. The number of piperidine rings is 1. The number of nitrogens with zero attached hydrogens (tertiary/aromatic N) is 1. The molecule has 1 fully saturated rings. The quantitative estimate of drug-likeness (QED) is 0.813. The lowest BCUT2D eigenvalue weighted by atomic mass is 9.91. The highest BCUT2D eigenvalue weighted by atomic mass is 19.1. The van der Waals surface area contributed by atoms with Crippen LogP contribution in [-0.4, -0.2) is 35.2 Å². The maximum Gasteiger partial charge on any atom is 0.320 e. The van der Waals surface area contributed by atoms with Gasteiger partial charge in [0, 0.05) is 17.2 Å². The number of aliphatic carboxylic acids is 1. The molecule has 144 valence electrons. The number of ether oxygens (including phenoxy) is 1. The molecule has 6 heteroatoms. The lowest BCUT2D eigenvalue weighted by Crippen LogP contribution is -2.47. The second kappa shape index (κ2) is 8.48. The summed E-state index contributed by atoms with van der Waals surface area (Å²) >= 11 is 0. The summed E-state index contributed by atoms with van der Waals surface area (Å²) < 4.78 is 33.9. The number of rotatable bonds is 6. The van der Waals surface area contributed by atoms with Crippen LogP contribution in [0.3, 0.4) is 0 Å². The van der Waals surface area contributed by atoms with Crippen molar-refractivity contribution < 1.29 is 23.4 Å². The van der Waals surface area contributed by atoms with Crippen LogP contribution in [0.4, 0.5) is 8.78 Å². The molecule has 4 nitrogen and oxygen atoms in total. The first-order chi connectivity index (χ1) is 13.0. The Hall–Kier alpha value is -2.47. The van der Waals surface area contributed by atoms with Crippen molar-refractivity contribution in [3.63, 3.8) is 0 Å². The fourth-order valence-electron chi connectivity index (χ4n) is 3.77. The summed E-state index contributed by atoms with van der Waals surface area (Å²) in [5, 5.41) is 9.71. The van der Waals surface area contributed by atoms with Crippen molar-refractivity contribution in [2.45, 2.75) is 38.3 Å². The Morgan fingerprint density at radius 2 is 2.00 bits per heavy atom. The van der Waals surface area contributed by atoms with Crippen molar-refractivity contribution >= 4 is 5.97 Å². The molecule has 0 amide bonds. The van der Waals surface area contributed by atoms with E-state index in [1.807, 2.05) is 25.1 Å². The SMILES string of the molecule is CCOc1ccccc1C(c1ccc(F)cc1F)N1CCCCC1C(=O)O. The molecule has 0 saturated carbocycles. The minimum absolute atomic E-state index is 0.247. The van der Waals surface area contributed by atoms with E-state index in [-0.39, 0.29) is 5.56 Å². The number of carboxylic acids is 1. The van der Waals surface area contributed by atoms with Crippen molar-refractivity contribution in [3.05, 3.63) is 65.2 Å². The first-order valence-corrected chi connectivity index (χ1v) is 9.18. The van der Waals surface area contributed by atoms with Gasteiger partial charge in [-0.25, -0.2) is 8.78 Å². The molecule has 1 heterocycles. The van der Waals surface area contributed by atoms with Gasteiger partial charge in [0.25, 0.3) is 0 Å². The topological polar surface area (TPSA) is 49.8 Å². The molecule has 0 radical (unpaired) electrons. The second-order valence-electron chi connectivity index (χ2n) is 6.63. The molecule has 0 bridgehead atoms. The van der Waals surface area contributed by atoms with Gasteiger partial charge in [-0.05, 0) is 38.4 Å². The zero-order chi connectivity index (χ0) is 19.4. The largest absolute Gasteiger partial charge is 0.494 e. The average Bonchev–Trinajstić information content (AvgIpc) is 2.65. The first-order valence-electron chi connectivity index (χ1n) is 9.18. The van der Waals surface area contributed by atoms with Gasteiger partial charge in [0.05, 0.1) is 12.6 Å². The van der Waals surface area contributed by atoms with Crippen LogP contribution in [0.2, 0.25) is 0 Å². The van der Waals surface area contributed by atoms with E-state index in [0.29, 0.717) is 30.9 Å². The number of likely N-dealkylation sites (tertiary alicyclic amines) is 1. The molecule has 1 aliphatic heterocycles. The Balaban J connectivity index is 2.16. The molecule has 0 spiro atoms. The van der Waals surface area contributed by atoms with Crippen LogP contribution >= 0.6 is 0 Å². The van der Waals surface area contributed by atoms with Gasteiger partial charge < -0.3 is 9.84 Å². The van der Waals surface area contributed by atoms with Gasteiger partial charge in [0.15, 0.2) is 0 Å². The smallest absolute Gasteiger partial charge is 0.320 e. The van der Waals surface area contributed by atoms with E-state index in [4.69, 9.17) is 4.74 Å². The minimum Gasteiger partial charge on any atom is -0.494 e. The third kappa shape index (κ3) is 4.11. The molecule has 2 aromatic carbocycles. The summed E-state index contributed by atoms with van der Waals surface area (Å²) in [5.74, 6) is -1.72. The van der Waals surface area contributed by atoms with E-state index >= 15 is 0 Å². The monoisotopic (exact) mass is 375 g/mol. The van der Waals surface area contributed by atoms with Crippen molar-refractivity contribution in [2.24, 2.45) is 0 Å². The van der Waals surface area contributed by atoms with Gasteiger partial charge in [-0.3, -0.25) is 9.69 Å². The number of carboxylic acid groups (broad SMARTS) is 1. The van der Waals surface area contributed by atoms with Crippen LogP contribution in [0.1, 0.15) is 43.4 Å². The summed E-state index contributed by atoms with van der Waals surface area (Å²) in [6, 6.07) is 9.26. The molecular weight excluding hydrogens is 352 g/mol. The fourth-order valence-corrected chi connectivity index (χ4v) is 3.77. The molecule has 3 rings (SSSR count). The third-order valence-electron chi connectivity index (χ3n) is 4.93. The van der Waals surface area contributed by atoms with Gasteiger partial charge in [0.1, 0.15) is 23.4 Å². The molecule has 1 N–H and O–H groups in total. The summed E-state index contributed by atoms with van der Waals surface area (Å²) in [4.78, 5) is 13.6. The summed E-state index contributed by atoms with van der Waals surface area (Å²) in [5.41, 5.74) is 0.926. The number of carbonyl (C=O) groups is 1. The Morgan fingerprint density at radius 3 is 2.70 bits per heavy atom. The highest BCUT2D eigenvalue weighted by Gasteiger charge is 2.37. The lowest BCUT2D eigenvalue weighted by molar-refractivity contribution is -0.145. The molecule has 27 heavy (non-hydrogen) atoms. The Kier molecular flexibility index (Phi) is 6.06. The third-order valence-corrected chi connectivity index (χ3v) is 4.93. The zero-order valence-corrected chi connectivity index (χ0v) is 15.2. The standard InChI is InChI=1S/C21H23F2NO3/c1-2-27-19-9-4-3-7-16(19)20(15-11-10-14(22)13-17(15)23)24-12-6-5-8-18(24)21(25)26/h3-4,7,9-11,13,18,20H,2,5-6,8,12H2,1H3,(H,25,26). The molecule has 2 atom stereocenters. The van der Waals surface area contributed by atoms with Gasteiger partial charge in [-0.2, -0.15) is 0 Å². The predicted octanol–water partition coefficient (Wildman–Crippen LogP) is 4.39. The van der Waals surface area contributed by atoms with Crippen LogP contribution in [0.25, 0.3) is 0 Å². The Bertz CT molecular complexity index is 812. The maximum absolute atomic E-state index is 14.7. The summed E-state index contributed by atoms with van der Waals surface area (Å²) in [6.45, 7) is 2.79. The summed E-state index contributed by atoms with van der Waals surface area (Å²) in [7, 11) is 0.